The second-order valence-electron chi connectivity index (χ2n) is 7.90. The highest BCUT2D eigenvalue weighted by Gasteiger charge is 2.37. The van der Waals surface area contributed by atoms with E-state index in [1.54, 1.807) is 36.4 Å². The van der Waals surface area contributed by atoms with Gasteiger partial charge in [0.2, 0.25) is 0 Å². The summed E-state index contributed by atoms with van der Waals surface area (Å²) in [5, 5.41) is 2.24. The molecule has 0 unspecified atom stereocenters. The minimum Gasteiger partial charge on any atom is -0.488 e. The van der Waals surface area contributed by atoms with Crippen molar-refractivity contribution in [3.05, 3.63) is 97.4 Å². The van der Waals surface area contributed by atoms with Crippen molar-refractivity contribution in [1.29, 1.82) is 0 Å². The van der Waals surface area contributed by atoms with Crippen molar-refractivity contribution in [3.63, 3.8) is 0 Å². The molecule has 6 nitrogen and oxygen atoms in total. The summed E-state index contributed by atoms with van der Waals surface area (Å²) >= 11 is 6.76. The SMILES string of the molecule is Cc1cc(C)cc(COc2ccc(Br)cc2/C=C2\C(=O)NC(=O)N(c3ccc(Br)cc3)C2=O)c1. The number of halogens is 2. The molecular weight excluding hydrogens is 564 g/mol. The molecule has 0 aliphatic carbocycles. The number of barbiturate groups is 1. The molecule has 0 bridgehead atoms. The van der Waals surface area contributed by atoms with Crippen LogP contribution in [-0.4, -0.2) is 17.8 Å². The van der Waals surface area contributed by atoms with Crippen LogP contribution in [0, 0.1) is 13.8 Å². The Labute approximate surface area is 213 Å². The molecule has 1 aliphatic rings. The molecule has 3 aromatic rings. The topological polar surface area (TPSA) is 75.7 Å². The minimum atomic E-state index is -0.796. The maximum absolute atomic E-state index is 13.2. The van der Waals surface area contributed by atoms with E-state index in [0.717, 1.165) is 30.5 Å². The van der Waals surface area contributed by atoms with Gasteiger partial charge in [-0.05, 0) is 68.0 Å². The smallest absolute Gasteiger partial charge is 0.335 e. The van der Waals surface area contributed by atoms with Crippen LogP contribution in [0.5, 0.6) is 5.75 Å². The van der Waals surface area contributed by atoms with Gasteiger partial charge in [-0.3, -0.25) is 14.9 Å². The Balaban J connectivity index is 1.67. The summed E-state index contributed by atoms with van der Waals surface area (Å²) in [6.45, 7) is 4.37. The lowest BCUT2D eigenvalue weighted by molar-refractivity contribution is -0.122. The van der Waals surface area contributed by atoms with Crippen molar-refractivity contribution in [1.82, 2.24) is 5.32 Å². The number of hydrogen-bond acceptors (Lipinski definition) is 4. The summed E-state index contributed by atoms with van der Waals surface area (Å²) in [6.07, 6.45) is 1.44. The zero-order valence-electron chi connectivity index (χ0n) is 18.4. The van der Waals surface area contributed by atoms with Crippen LogP contribution in [0.25, 0.3) is 6.08 Å². The van der Waals surface area contributed by atoms with Crippen LogP contribution in [0.4, 0.5) is 10.5 Å². The molecule has 0 aromatic heterocycles. The number of aryl methyl sites for hydroxylation is 2. The van der Waals surface area contributed by atoms with Crippen LogP contribution in [0.1, 0.15) is 22.3 Å². The number of ether oxygens (including phenoxy) is 1. The first-order chi connectivity index (χ1) is 16.2. The number of urea groups is 1. The molecule has 0 spiro atoms. The van der Waals surface area contributed by atoms with E-state index in [0.29, 0.717) is 23.6 Å². The van der Waals surface area contributed by atoms with Gasteiger partial charge in [-0.25, -0.2) is 9.69 Å². The maximum atomic E-state index is 13.2. The molecule has 4 amide bonds. The van der Waals surface area contributed by atoms with Crippen molar-refractivity contribution in [3.8, 4) is 5.75 Å². The molecule has 34 heavy (non-hydrogen) atoms. The summed E-state index contributed by atoms with van der Waals surface area (Å²) in [6, 6.07) is 17.4. The summed E-state index contributed by atoms with van der Waals surface area (Å²) in [5.74, 6) is -0.970. The zero-order valence-corrected chi connectivity index (χ0v) is 21.6. The van der Waals surface area contributed by atoms with Gasteiger partial charge < -0.3 is 4.74 Å². The van der Waals surface area contributed by atoms with Gasteiger partial charge in [0.25, 0.3) is 11.8 Å². The van der Waals surface area contributed by atoms with Gasteiger partial charge in [-0.1, -0.05) is 61.2 Å². The average Bonchev–Trinajstić information content (AvgIpc) is 2.76. The fraction of sp³-hybridized carbons (Fsp3) is 0.115. The monoisotopic (exact) mass is 582 g/mol. The lowest BCUT2D eigenvalue weighted by atomic mass is 10.1. The lowest BCUT2D eigenvalue weighted by Gasteiger charge is -2.26. The Morgan fingerprint density at radius 2 is 1.53 bits per heavy atom. The maximum Gasteiger partial charge on any atom is 0.335 e. The van der Waals surface area contributed by atoms with Gasteiger partial charge >= 0.3 is 6.03 Å². The Bertz CT molecular complexity index is 1310. The third-order valence-electron chi connectivity index (χ3n) is 5.13. The third-order valence-corrected chi connectivity index (χ3v) is 6.16. The Morgan fingerprint density at radius 3 is 2.21 bits per heavy atom. The molecule has 3 aromatic carbocycles. The molecule has 0 atom stereocenters. The van der Waals surface area contributed by atoms with Gasteiger partial charge in [-0.15, -0.1) is 0 Å². The predicted octanol–water partition coefficient (Wildman–Crippen LogP) is 6.07. The number of nitrogens with zero attached hydrogens (tertiary/aromatic N) is 1. The number of anilines is 1. The minimum absolute atomic E-state index is 0.170. The molecule has 1 heterocycles. The first-order valence-corrected chi connectivity index (χ1v) is 12.0. The Morgan fingerprint density at radius 1 is 0.882 bits per heavy atom. The summed E-state index contributed by atoms with van der Waals surface area (Å²) in [4.78, 5) is 39.2. The number of imide groups is 2. The second-order valence-corrected chi connectivity index (χ2v) is 9.73. The fourth-order valence-electron chi connectivity index (χ4n) is 3.71. The normalized spacial score (nSPS) is 15.0. The zero-order chi connectivity index (χ0) is 24.4. The van der Waals surface area contributed by atoms with E-state index in [2.05, 4.69) is 43.2 Å². The van der Waals surface area contributed by atoms with E-state index < -0.39 is 17.8 Å². The molecule has 1 aliphatic heterocycles. The summed E-state index contributed by atoms with van der Waals surface area (Å²) < 4.78 is 7.60. The van der Waals surface area contributed by atoms with E-state index in [1.165, 1.54) is 6.08 Å². The van der Waals surface area contributed by atoms with E-state index >= 15 is 0 Å². The molecule has 1 N–H and O–H groups in total. The average molecular weight is 584 g/mol. The number of rotatable bonds is 5. The van der Waals surface area contributed by atoms with Crippen LogP contribution in [0.15, 0.2) is 75.2 Å². The number of carbonyl (C=O) groups is 3. The number of nitrogens with one attached hydrogen (secondary N) is 1. The van der Waals surface area contributed by atoms with E-state index in [1.807, 2.05) is 32.0 Å². The van der Waals surface area contributed by atoms with Crippen LogP contribution in [-0.2, 0) is 16.2 Å². The highest BCUT2D eigenvalue weighted by atomic mass is 79.9. The molecule has 0 radical (unpaired) electrons. The summed E-state index contributed by atoms with van der Waals surface area (Å²) in [5.41, 5.74) is 4.00. The number of hydrogen-bond donors (Lipinski definition) is 1. The summed E-state index contributed by atoms with van der Waals surface area (Å²) in [7, 11) is 0. The molecule has 1 saturated heterocycles. The largest absolute Gasteiger partial charge is 0.488 e. The molecule has 4 rings (SSSR count). The van der Waals surface area contributed by atoms with Crippen molar-refractivity contribution >= 4 is 61.5 Å². The molecule has 1 fully saturated rings. The highest BCUT2D eigenvalue weighted by Crippen LogP contribution is 2.29. The molecule has 172 valence electrons. The van der Waals surface area contributed by atoms with Crippen LogP contribution >= 0.6 is 31.9 Å². The van der Waals surface area contributed by atoms with Crippen LogP contribution in [0.2, 0.25) is 0 Å². The molecule has 0 saturated carbocycles. The third kappa shape index (κ3) is 5.29. The molecule has 8 heteroatoms. The molecular formula is C26H20Br2N2O4. The van der Waals surface area contributed by atoms with Gasteiger partial charge in [0.1, 0.15) is 17.9 Å². The van der Waals surface area contributed by atoms with Gasteiger partial charge in [-0.2, -0.15) is 0 Å². The van der Waals surface area contributed by atoms with Crippen molar-refractivity contribution in [2.75, 3.05) is 4.90 Å². The van der Waals surface area contributed by atoms with Gasteiger partial charge in [0.15, 0.2) is 0 Å². The quantitative estimate of drug-likeness (QED) is 0.292. The fourth-order valence-corrected chi connectivity index (χ4v) is 4.36. The van der Waals surface area contributed by atoms with Crippen molar-refractivity contribution < 1.29 is 19.1 Å². The highest BCUT2D eigenvalue weighted by molar-refractivity contribution is 9.10. The first-order valence-electron chi connectivity index (χ1n) is 10.4. The number of carbonyl (C=O) groups excluding carboxylic acids is 3. The second kappa shape index (κ2) is 9.95. The van der Waals surface area contributed by atoms with Crippen molar-refractivity contribution in [2.24, 2.45) is 0 Å². The van der Waals surface area contributed by atoms with E-state index in [4.69, 9.17) is 4.74 Å². The van der Waals surface area contributed by atoms with Crippen LogP contribution < -0.4 is 15.0 Å². The Kier molecular flexibility index (Phi) is 7.00. The predicted molar refractivity (Wildman–Crippen MR) is 138 cm³/mol. The number of amides is 4. The van der Waals surface area contributed by atoms with E-state index in [9.17, 15) is 14.4 Å². The van der Waals surface area contributed by atoms with Crippen LogP contribution in [0.3, 0.4) is 0 Å². The standard InChI is InChI=1S/C26H20Br2N2O4/c1-15-9-16(2)11-17(10-15)14-34-23-8-5-20(28)12-18(23)13-22-24(31)29-26(33)30(25(22)32)21-6-3-19(27)4-7-21/h3-13H,14H2,1-2H3,(H,29,31,33)/b22-13+. The van der Waals surface area contributed by atoms with Gasteiger partial charge in [0.05, 0.1) is 5.69 Å². The van der Waals surface area contributed by atoms with Gasteiger partial charge in [0, 0.05) is 14.5 Å². The van der Waals surface area contributed by atoms with Crippen molar-refractivity contribution in [2.45, 2.75) is 20.5 Å². The number of benzene rings is 3. The Hall–Kier alpha value is -3.23. The lowest BCUT2D eigenvalue weighted by Crippen LogP contribution is -2.54. The van der Waals surface area contributed by atoms with E-state index in [-0.39, 0.29) is 5.57 Å². The first kappa shape index (κ1) is 23.9.